The van der Waals surface area contributed by atoms with Gasteiger partial charge in [0.2, 0.25) is 11.8 Å². The Labute approximate surface area is 169 Å². The Kier molecular flexibility index (Phi) is 6.05. The third-order valence-corrected chi connectivity index (χ3v) is 5.54. The van der Waals surface area contributed by atoms with E-state index in [4.69, 9.17) is 10.5 Å². The van der Waals surface area contributed by atoms with Crippen molar-refractivity contribution >= 4 is 29.4 Å². The van der Waals surface area contributed by atoms with Crippen LogP contribution >= 0.6 is 0 Å². The van der Waals surface area contributed by atoms with Crippen molar-refractivity contribution in [2.75, 3.05) is 25.5 Å². The molecule has 0 atom stereocenters. The molecule has 29 heavy (non-hydrogen) atoms. The second kappa shape index (κ2) is 8.50. The van der Waals surface area contributed by atoms with Crippen LogP contribution in [0.2, 0.25) is 0 Å². The van der Waals surface area contributed by atoms with Gasteiger partial charge in [0.25, 0.3) is 5.91 Å². The van der Waals surface area contributed by atoms with Crippen LogP contribution in [0, 0.1) is 0 Å². The molecule has 1 aliphatic carbocycles. The molecule has 2 fully saturated rings. The van der Waals surface area contributed by atoms with Crippen molar-refractivity contribution in [3.05, 3.63) is 24.3 Å². The van der Waals surface area contributed by atoms with Gasteiger partial charge in [-0.05, 0) is 37.1 Å². The maximum absolute atomic E-state index is 12.9. The minimum absolute atomic E-state index is 0.117. The van der Waals surface area contributed by atoms with Gasteiger partial charge in [0.1, 0.15) is 17.8 Å². The molecule has 0 radical (unpaired) electrons. The number of urea groups is 1. The summed E-state index contributed by atoms with van der Waals surface area (Å²) in [6.45, 7) is -0.143. The molecule has 0 unspecified atom stereocenters. The molecular weight excluding hydrogens is 376 g/mol. The smallest absolute Gasteiger partial charge is 0.327 e. The molecule has 3 rings (SSSR count). The van der Waals surface area contributed by atoms with Crippen LogP contribution in [0.1, 0.15) is 38.5 Å². The van der Waals surface area contributed by atoms with Gasteiger partial charge in [0.05, 0.1) is 13.0 Å². The van der Waals surface area contributed by atoms with Gasteiger partial charge in [-0.15, -0.1) is 0 Å². The molecule has 1 saturated heterocycles. The number of imide groups is 1. The molecule has 1 aromatic carbocycles. The van der Waals surface area contributed by atoms with Crippen LogP contribution in [0.15, 0.2) is 24.3 Å². The monoisotopic (exact) mass is 402 g/mol. The summed E-state index contributed by atoms with van der Waals surface area (Å²) in [5.74, 6) is -0.635. The topological polar surface area (TPSA) is 122 Å². The zero-order chi connectivity index (χ0) is 21.0. The normalized spacial score (nSPS) is 18.2. The summed E-state index contributed by atoms with van der Waals surface area (Å²) in [7, 11) is 1.64. The number of rotatable bonds is 7. The highest BCUT2D eigenvalue weighted by molar-refractivity contribution is 6.10. The zero-order valence-electron chi connectivity index (χ0n) is 16.5. The van der Waals surface area contributed by atoms with Crippen molar-refractivity contribution in [1.82, 2.24) is 9.80 Å². The number of carbonyl (C=O) groups is 4. The van der Waals surface area contributed by atoms with Crippen molar-refractivity contribution in [2.24, 2.45) is 5.73 Å². The molecule has 1 spiro atoms. The van der Waals surface area contributed by atoms with E-state index in [9.17, 15) is 19.2 Å². The van der Waals surface area contributed by atoms with E-state index < -0.39 is 23.4 Å². The molecule has 0 aromatic heterocycles. The molecule has 2 aliphatic rings. The largest absolute Gasteiger partial charge is 0.493 e. The Hall–Kier alpha value is -3.10. The summed E-state index contributed by atoms with van der Waals surface area (Å²) in [6, 6.07) is 6.14. The van der Waals surface area contributed by atoms with E-state index in [0.717, 1.165) is 24.2 Å². The predicted octanol–water partition coefficient (Wildman–Crippen LogP) is 1.48. The predicted molar refractivity (Wildman–Crippen MR) is 105 cm³/mol. The van der Waals surface area contributed by atoms with Crippen molar-refractivity contribution < 1.29 is 23.9 Å². The van der Waals surface area contributed by atoms with E-state index in [0.29, 0.717) is 24.3 Å². The van der Waals surface area contributed by atoms with Crippen LogP contribution in [0.25, 0.3) is 0 Å². The fourth-order valence-corrected chi connectivity index (χ4v) is 3.92. The number of ether oxygens (including phenoxy) is 1. The lowest BCUT2D eigenvalue weighted by atomic mass is 9.81. The molecule has 5 amide bonds. The highest BCUT2D eigenvalue weighted by Gasteiger charge is 2.55. The maximum atomic E-state index is 12.9. The quantitative estimate of drug-likeness (QED) is 0.669. The van der Waals surface area contributed by atoms with Crippen LogP contribution in [0.5, 0.6) is 5.75 Å². The zero-order valence-corrected chi connectivity index (χ0v) is 16.5. The number of nitrogens with one attached hydrogen (secondary N) is 1. The van der Waals surface area contributed by atoms with Crippen LogP contribution in [0.4, 0.5) is 10.5 Å². The molecule has 1 saturated carbocycles. The summed E-state index contributed by atoms with van der Waals surface area (Å²) in [6.07, 6.45) is 4.26. The van der Waals surface area contributed by atoms with Crippen molar-refractivity contribution in [2.45, 2.75) is 44.1 Å². The Bertz CT molecular complexity index is 802. The second-order valence-corrected chi connectivity index (χ2v) is 7.46. The Morgan fingerprint density at radius 1 is 1.14 bits per heavy atom. The van der Waals surface area contributed by atoms with Gasteiger partial charge < -0.3 is 20.7 Å². The number of hydrogen-bond acceptors (Lipinski definition) is 5. The molecule has 1 heterocycles. The van der Waals surface area contributed by atoms with Crippen LogP contribution in [-0.4, -0.2) is 59.3 Å². The van der Waals surface area contributed by atoms with E-state index in [1.807, 2.05) is 0 Å². The molecule has 1 aromatic rings. The van der Waals surface area contributed by atoms with Gasteiger partial charge in [0.15, 0.2) is 0 Å². The van der Waals surface area contributed by atoms with Crippen molar-refractivity contribution in [1.29, 1.82) is 0 Å². The first-order valence-corrected chi connectivity index (χ1v) is 9.74. The number of carbonyl (C=O) groups excluding carboxylic acids is 4. The molecule has 9 nitrogen and oxygen atoms in total. The average Bonchev–Trinajstić information content (AvgIpc) is 2.86. The summed E-state index contributed by atoms with van der Waals surface area (Å²) in [4.78, 5) is 51.2. The summed E-state index contributed by atoms with van der Waals surface area (Å²) < 4.78 is 5.37. The van der Waals surface area contributed by atoms with Crippen LogP contribution < -0.4 is 15.8 Å². The fraction of sp³-hybridized carbons (Fsp3) is 0.500. The molecule has 0 bridgehead atoms. The van der Waals surface area contributed by atoms with E-state index >= 15 is 0 Å². The lowest BCUT2D eigenvalue weighted by Gasteiger charge is -2.35. The third kappa shape index (κ3) is 4.33. The number of nitrogens with zero attached hydrogens (tertiary/aromatic N) is 2. The van der Waals surface area contributed by atoms with Gasteiger partial charge in [0, 0.05) is 12.7 Å². The highest BCUT2D eigenvalue weighted by atomic mass is 16.5. The Balaban J connectivity index is 1.57. The van der Waals surface area contributed by atoms with Gasteiger partial charge in [-0.25, -0.2) is 4.79 Å². The third-order valence-electron chi connectivity index (χ3n) is 5.54. The molecular formula is C20H26N4O5. The van der Waals surface area contributed by atoms with E-state index in [1.165, 1.54) is 4.90 Å². The molecule has 3 N–H and O–H groups in total. The van der Waals surface area contributed by atoms with Gasteiger partial charge >= 0.3 is 6.03 Å². The van der Waals surface area contributed by atoms with Crippen LogP contribution in [0.3, 0.4) is 0 Å². The number of anilines is 1. The average molecular weight is 402 g/mol. The summed E-state index contributed by atoms with van der Waals surface area (Å²) in [5.41, 5.74) is 4.77. The van der Waals surface area contributed by atoms with Crippen molar-refractivity contribution in [3.63, 3.8) is 0 Å². The number of nitrogens with two attached hydrogens (primary N) is 1. The molecule has 9 heteroatoms. The fourth-order valence-electron chi connectivity index (χ4n) is 3.92. The Morgan fingerprint density at radius 2 is 1.79 bits per heavy atom. The maximum Gasteiger partial charge on any atom is 0.327 e. The van der Waals surface area contributed by atoms with E-state index in [1.54, 1.807) is 31.3 Å². The van der Waals surface area contributed by atoms with E-state index in [2.05, 4.69) is 5.32 Å². The first kappa shape index (κ1) is 20.6. The minimum Gasteiger partial charge on any atom is -0.493 e. The SMILES string of the molecule is CN1C(=O)N(CC(=O)Nc2ccc(OCCC(N)=O)cc2)C(=O)C12CCCCC2. The first-order valence-electron chi connectivity index (χ1n) is 9.74. The second-order valence-electron chi connectivity index (χ2n) is 7.46. The standard InChI is InChI=1S/C20H26N4O5/c1-23-19(28)24(18(27)20(23)10-3-2-4-11-20)13-17(26)22-14-5-7-15(8-6-14)29-12-9-16(21)25/h5-8H,2-4,9-13H2,1H3,(H2,21,25)(H,22,26). The van der Waals surface area contributed by atoms with Gasteiger partial charge in [-0.2, -0.15) is 0 Å². The summed E-state index contributed by atoms with van der Waals surface area (Å²) in [5, 5.41) is 2.68. The Morgan fingerprint density at radius 3 is 2.41 bits per heavy atom. The first-order chi connectivity index (χ1) is 13.8. The number of hydrogen-bond donors (Lipinski definition) is 2. The number of primary amides is 1. The summed E-state index contributed by atoms with van der Waals surface area (Å²) >= 11 is 0. The number of amides is 5. The van der Waals surface area contributed by atoms with Gasteiger partial charge in [-0.3, -0.25) is 19.3 Å². The lowest BCUT2D eigenvalue weighted by Crippen LogP contribution is -2.49. The molecule has 156 valence electrons. The van der Waals surface area contributed by atoms with Crippen molar-refractivity contribution in [3.8, 4) is 5.75 Å². The van der Waals surface area contributed by atoms with Crippen LogP contribution in [-0.2, 0) is 14.4 Å². The number of likely N-dealkylation sites (N-methyl/N-ethyl adjacent to an activating group) is 1. The van der Waals surface area contributed by atoms with E-state index in [-0.39, 0.29) is 25.5 Å². The lowest BCUT2D eigenvalue weighted by molar-refractivity contribution is -0.136. The number of benzene rings is 1. The minimum atomic E-state index is -0.792. The van der Waals surface area contributed by atoms with Gasteiger partial charge in [-0.1, -0.05) is 19.3 Å². The molecule has 1 aliphatic heterocycles. The highest BCUT2D eigenvalue weighted by Crippen LogP contribution is 2.39.